The van der Waals surface area contributed by atoms with Crippen molar-refractivity contribution in [1.29, 1.82) is 0 Å². The summed E-state index contributed by atoms with van der Waals surface area (Å²) < 4.78 is 5.51. The standard InChI is InChI=1S/C74H147NO5/c1-3-5-7-9-11-13-15-17-19-21-23-24-25-26-28-31-34-38-42-46-50-54-58-62-66-72(77)71(70-76)75-73(78)67-63-59-55-51-47-43-39-35-32-29-27-30-33-37-41-45-49-53-57-61-65-69-80-74(79)68-64-60-56-52-48-44-40-36-22-20-18-16-14-12-10-8-6-4-2/h71-72,76-77H,3-70H2,1-2H3,(H,75,78). The highest BCUT2D eigenvalue weighted by atomic mass is 16.5. The molecule has 0 heterocycles. The number of ether oxygens (including phenoxy) is 1. The first-order valence-electron chi connectivity index (χ1n) is 37.3. The zero-order valence-electron chi connectivity index (χ0n) is 54.9. The van der Waals surface area contributed by atoms with Gasteiger partial charge in [-0.2, -0.15) is 0 Å². The second kappa shape index (κ2) is 70.3. The van der Waals surface area contributed by atoms with E-state index in [0.717, 1.165) is 38.5 Å². The Morgan fingerprint density at radius 2 is 0.512 bits per heavy atom. The van der Waals surface area contributed by atoms with Gasteiger partial charge in [0, 0.05) is 12.8 Å². The fourth-order valence-electron chi connectivity index (χ4n) is 12.2. The maximum atomic E-state index is 12.6. The van der Waals surface area contributed by atoms with Crippen molar-refractivity contribution in [3.63, 3.8) is 0 Å². The number of aliphatic hydroxyl groups excluding tert-OH is 2. The van der Waals surface area contributed by atoms with Crippen LogP contribution in [0.15, 0.2) is 0 Å². The van der Waals surface area contributed by atoms with E-state index in [1.54, 1.807) is 0 Å². The van der Waals surface area contributed by atoms with Crippen LogP contribution in [0, 0.1) is 0 Å². The van der Waals surface area contributed by atoms with E-state index in [9.17, 15) is 19.8 Å². The summed E-state index contributed by atoms with van der Waals surface area (Å²) in [7, 11) is 0. The molecule has 0 bridgehead atoms. The molecule has 0 rings (SSSR count). The van der Waals surface area contributed by atoms with E-state index in [-0.39, 0.29) is 18.5 Å². The fourth-order valence-corrected chi connectivity index (χ4v) is 12.2. The maximum Gasteiger partial charge on any atom is 0.305 e. The summed E-state index contributed by atoms with van der Waals surface area (Å²) in [6, 6.07) is -0.543. The van der Waals surface area contributed by atoms with Crippen molar-refractivity contribution in [2.75, 3.05) is 13.2 Å². The minimum Gasteiger partial charge on any atom is -0.466 e. The van der Waals surface area contributed by atoms with Crippen LogP contribution in [0.5, 0.6) is 0 Å². The minimum absolute atomic E-state index is 0.0183. The molecule has 0 aromatic rings. The lowest BCUT2D eigenvalue weighted by molar-refractivity contribution is -0.143. The number of hydrogen-bond donors (Lipinski definition) is 3. The number of unbranched alkanes of at least 4 members (excludes halogenated alkanes) is 60. The molecule has 0 saturated heterocycles. The quantitative estimate of drug-likeness (QED) is 0.0417. The van der Waals surface area contributed by atoms with E-state index in [4.69, 9.17) is 4.74 Å². The Balaban J connectivity index is 3.36. The second-order valence-corrected chi connectivity index (χ2v) is 26.0. The van der Waals surface area contributed by atoms with Crippen LogP contribution in [0.25, 0.3) is 0 Å². The van der Waals surface area contributed by atoms with Crippen molar-refractivity contribution >= 4 is 11.9 Å². The van der Waals surface area contributed by atoms with Crippen molar-refractivity contribution in [1.82, 2.24) is 5.32 Å². The number of carbonyl (C=O) groups excluding carboxylic acids is 2. The first-order chi connectivity index (χ1) is 39.5. The van der Waals surface area contributed by atoms with Crippen LogP contribution in [-0.2, 0) is 14.3 Å². The van der Waals surface area contributed by atoms with Gasteiger partial charge in [-0.05, 0) is 25.7 Å². The van der Waals surface area contributed by atoms with Crippen molar-refractivity contribution in [3.8, 4) is 0 Å². The monoisotopic (exact) mass is 1130 g/mol. The largest absolute Gasteiger partial charge is 0.466 e. The van der Waals surface area contributed by atoms with Crippen LogP contribution in [0.1, 0.15) is 438 Å². The first-order valence-corrected chi connectivity index (χ1v) is 37.3. The minimum atomic E-state index is -0.666. The van der Waals surface area contributed by atoms with Gasteiger partial charge in [0.25, 0.3) is 0 Å². The highest BCUT2D eigenvalue weighted by Gasteiger charge is 2.20. The topological polar surface area (TPSA) is 95.9 Å². The van der Waals surface area contributed by atoms with Gasteiger partial charge in [-0.1, -0.05) is 399 Å². The SMILES string of the molecule is CCCCCCCCCCCCCCCCCCCCCCCCCCC(O)C(CO)NC(=O)CCCCCCCCCCCCCCCCCCCCCCCOC(=O)CCCCCCCCCCCCCCCCCCCC. The third kappa shape index (κ3) is 66.0. The Hall–Kier alpha value is -1.14. The molecule has 0 saturated carbocycles. The lowest BCUT2D eigenvalue weighted by Gasteiger charge is -2.22. The summed E-state index contributed by atoms with van der Waals surface area (Å²) in [5.74, 6) is -0.0113. The lowest BCUT2D eigenvalue weighted by Crippen LogP contribution is -2.45. The molecule has 0 aliphatic rings. The van der Waals surface area contributed by atoms with E-state index < -0.39 is 12.1 Å². The summed E-state index contributed by atoms with van der Waals surface area (Å²) in [5.41, 5.74) is 0. The summed E-state index contributed by atoms with van der Waals surface area (Å²) >= 11 is 0. The molecule has 0 aliphatic carbocycles. The Kier molecular flexibility index (Phi) is 69.3. The molecular formula is C74H147NO5. The maximum absolute atomic E-state index is 12.6. The van der Waals surface area contributed by atoms with Crippen LogP contribution in [0.2, 0.25) is 0 Å². The molecule has 0 spiro atoms. The van der Waals surface area contributed by atoms with Crippen LogP contribution >= 0.6 is 0 Å². The van der Waals surface area contributed by atoms with Gasteiger partial charge in [0.05, 0.1) is 25.4 Å². The molecule has 6 heteroatoms. The fraction of sp³-hybridized carbons (Fsp3) is 0.973. The molecule has 0 aromatic heterocycles. The summed E-state index contributed by atoms with van der Waals surface area (Å²) in [5, 5.41) is 23.5. The van der Waals surface area contributed by atoms with Crippen LogP contribution in [0.4, 0.5) is 0 Å². The lowest BCUT2D eigenvalue weighted by atomic mass is 10.0. The number of rotatable bonds is 71. The van der Waals surface area contributed by atoms with E-state index >= 15 is 0 Å². The summed E-state index contributed by atoms with van der Waals surface area (Å²) in [6.07, 6.45) is 85.9. The number of hydrogen-bond acceptors (Lipinski definition) is 5. The van der Waals surface area contributed by atoms with Gasteiger partial charge in [-0.25, -0.2) is 0 Å². The Labute approximate surface area is 502 Å². The number of amides is 1. The molecule has 3 N–H and O–H groups in total. The Morgan fingerprint density at radius 1 is 0.300 bits per heavy atom. The third-order valence-corrected chi connectivity index (χ3v) is 17.9. The van der Waals surface area contributed by atoms with Crippen LogP contribution < -0.4 is 5.32 Å². The molecular weight excluding hydrogens is 983 g/mol. The van der Waals surface area contributed by atoms with E-state index in [0.29, 0.717) is 25.9 Å². The van der Waals surface area contributed by atoms with Crippen molar-refractivity contribution in [2.45, 2.75) is 450 Å². The average molecular weight is 1130 g/mol. The van der Waals surface area contributed by atoms with Gasteiger partial charge in [0.2, 0.25) is 5.91 Å². The molecule has 2 unspecified atom stereocenters. The summed E-state index contributed by atoms with van der Waals surface area (Å²) in [6.45, 7) is 5.01. The number of aliphatic hydroxyl groups is 2. The highest BCUT2D eigenvalue weighted by molar-refractivity contribution is 5.76. The van der Waals surface area contributed by atoms with Gasteiger partial charge in [-0.15, -0.1) is 0 Å². The third-order valence-electron chi connectivity index (χ3n) is 17.9. The van der Waals surface area contributed by atoms with Gasteiger partial charge in [-0.3, -0.25) is 9.59 Å². The molecule has 1 amide bonds. The summed E-state index contributed by atoms with van der Waals surface area (Å²) in [4.78, 5) is 24.7. The zero-order valence-corrected chi connectivity index (χ0v) is 54.9. The van der Waals surface area contributed by atoms with Crippen molar-refractivity contribution < 1.29 is 24.5 Å². The van der Waals surface area contributed by atoms with Gasteiger partial charge in [0.15, 0.2) is 0 Å². The van der Waals surface area contributed by atoms with E-state index in [1.165, 1.54) is 366 Å². The molecule has 0 aliphatic heterocycles. The average Bonchev–Trinajstić information content (AvgIpc) is 3.46. The molecule has 0 aromatic carbocycles. The molecule has 478 valence electrons. The van der Waals surface area contributed by atoms with E-state index in [1.807, 2.05) is 0 Å². The van der Waals surface area contributed by atoms with Crippen LogP contribution in [-0.4, -0.2) is 47.4 Å². The number of esters is 1. The molecule has 2 atom stereocenters. The Morgan fingerprint density at radius 3 is 0.762 bits per heavy atom. The molecule has 0 fully saturated rings. The van der Waals surface area contributed by atoms with Crippen molar-refractivity contribution in [2.24, 2.45) is 0 Å². The molecule has 80 heavy (non-hydrogen) atoms. The second-order valence-electron chi connectivity index (χ2n) is 26.0. The zero-order chi connectivity index (χ0) is 57.8. The van der Waals surface area contributed by atoms with Gasteiger partial charge in [0.1, 0.15) is 0 Å². The van der Waals surface area contributed by atoms with E-state index in [2.05, 4.69) is 19.2 Å². The molecule has 0 radical (unpaired) electrons. The van der Waals surface area contributed by atoms with Crippen molar-refractivity contribution in [3.05, 3.63) is 0 Å². The predicted octanol–water partition coefficient (Wildman–Crippen LogP) is 24.2. The Bertz CT molecular complexity index is 1160. The highest BCUT2D eigenvalue weighted by Crippen LogP contribution is 2.20. The number of nitrogens with one attached hydrogen (secondary N) is 1. The van der Waals surface area contributed by atoms with Gasteiger partial charge >= 0.3 is 5.97 Å². The number of carbonyl (C=O) groups is 2. The normalized spacial score (nSPS) is 12.4. The van der Waals surface area contributed by atoms with Gasteiger partial charge < -0.3 is 20.3 Å². The first kappa shape index (κ1) is 78.9. The predicted molar refractivity (Wildman–Crippen MR) is 352 cm³/mol. The van der Waals surface area contributed by atoms with Crippen LogP contribution in [0.3, 0.4) is 0 Å². The smallest absolute Gasteiger partial charge is 0.305 e. The molecule has 6 nitrogen and oxygen atoms in total.